The van der Waals surface area contributed by atoms with Crippen LogP contribution < -0.4 is 5.32 Å². The second-order valence-corrected chi connectivity index (χ2v) is 2.12. The molecule has 0 aliphatic carbocycles. The standard InChI is InChI=1S/C7H15N3/c1-6(8-3)5-10-7(2)9-4/h5H2,1-4H3,(H,9,10). The van der Waals surface area contributed by atoms with Gasteiger partial charge in [-0.15, -0.1) is 0 Å². The summed E-state index contributed by atoms with van der Waals surface area (Å²) in [6.45, 7) is 4.71. The summed E-state index contributed by atoms with van der Waals surface area (Å²) in [5.41, 5.74) is 1.09. The first kappa shape index (κ1) is 9.14. The molecule has 0 saturated heterocycles. The van der Waals surface area contributed by atoms with Gasteiger partial charge < -0.3 is 5.32 Å². The lowest BCUT2D eigenvalue weighted by Crippen LogP contribution is -2.25. The first-order chi connectivity index (χ1) is 4.70. The summed E-state index contributed by atoms with van der Waals surface area (Å²) in [7, 11) is 3.55. The zero-order valence-electron chi connectivity index (χ0n) is 7.10. The second kappa shape index (κ2) is 4.97. The van der Waals surface area contributed by atoms with Crippen molar-refractivity contribution in [3.63, 3.8) is 0 Å². The molecule has 0 fully saturated rings. The monoisotopic (exact) mass is 141 g/mol. The van der Waals surface area contributed by atoms with Gasteiger partial charge >= 0.3 is 0 Å². The van der Waals surface area contributed by atoms with Crippen LogP contribution in [0.5, 0.6) is 0 Å². The van der Waals surface area contributed by atoms with E-state index in [1.807, 2.05) is 13.8 Å². The predicted molar refractivity (Wildman–Crippen MR) is 46.1 cm³/mol. The molecule has 0 aliphatic rings. The molecule has 3 nitrogen and oxygen atoms in total. The van der Waals surface area contributed by atoms with Gasteiger partial charge in [0.05, 0.1) is 12.4 Å². The first-order valence-corrected chi connectivity index (χ1v) is 3.30. The number of nitrogens with one attached hydrogen (secondary N) is 1. The molecule has 0 aromatic heterocycles. The largest absolute Gasteiger partial charge is 0.369 e. The first-order valence-electron chi connectivity index (χ1n) is 3.30. The van der Waals surface area contributed by atoms with Gasteiger partial charge in [0.25, 0.3) is 0 Å². The fourth-order valence-corrected chi connectivity index (χ4v) is 0.414. The van der Waals surface area contributed by atoms with E-state index in [0.29, 0.717) is 0 Å². The summed E-state index contributed by atoms with van der Waals surface area (Å²) in [5, 5.41) is 3.10. The van der Waals surface area contributed by atoms with Crippen molar-refractivity contribution in [3.8, 4) is 0 Å². The third-order valence-corrected chi connectivity index (χ3v) is 1.32. The molecular formula is C7H15N3. The Hall–Kier alpha value is -0.860. The molecule has 58 valence electrons. The van der Waals surface area contributed by atoms with Crippen LogP contribution in [0.15, 0.2) is 9.98 Å². The van der Waals surface area contributed by atoms with Gasteiger partial charge in [0.2, 0.25) is 0 Å². The third kappa shape index (κ3) is 4.06. The van der Waals surface area contributed by atoms with Gasteiger partial charge in [0.15, 0.2) is 0 Å². The minimum Gasteiger partial charge on any atom is -0.369 e. The number of rotatable bonds is 2. The molecular weight excluding hydrogens is 126 g/mol. The zero-order valence-corrected chi connectivity index (χ0v) is 7.10. The molecule has 0 unspecified atom stereocenters. The summed E-state index contributed by atoms with van der Waals surface area (Å²) < 4.78 is 0. The lowest BCUT2D eigenvalue weighted by molar-refractivity contribution is 1.05. The van der Waals surface area contributed by atoms with E-state index in [1.165, 1.54) is 0 Å². The van der Waals surface area contributed by atoms with Crippen molar-refractivity contribution in [1.29, 1.82) is 0 Å². The number of hydrogen-bond acceptors (Lipinski definition) is 2. The summed E-state index contributed by atoms with van der Waals surface area (Å²) in [4.78, 5) is 7.94. The van der Waals surface area contributed by atoms with E-state index in [2.05, 4.69) is 15.3 Å². The Labute approximate surface area is 62.3 Å². The third-order valence-electron chi connectivity index (χ3n) is 1.32. The van der Waals surface area contributed by atoms with E-state index in [1.54, 1.807) is 14.1 Å². The topological polar surface area (TPSA) is 36.8 Å². The number of amidine groups is 1. The quantitative estimate of drug-likeness (QED) is 0.446. The van der Waals surface area contributed by atoms with Crippen molar-refractivity contribution in [2.45, 2.75) is 13.8 Å². The van der Waals surface area contributed by atoms with Crippen LogP contribution in [0.3, 0.4) is 0 Å². The molecule has 3 heteroatoms. The van der Waals surface area contributed by atoms with Gasteiger partial charge in [-0.05, 0) is 13.8 Å². The summed E-state index contributed by atoms with van der Waals surface area (Å²) in [6.07, 6.45) is 0. The molecule has 0 bridgehead atoms. The average Bonchev–Trinajstić information content (AvgIpc) is 1.99. The van der Waals surface area contributed by atoms with E-state index in [9.17, 15) is 0 Å². The summed E-state index contributed by atoms with van der Waals surface area (Å²) >= 11 is 0. The smallest absolute Gasteiger partial charge is 0.0931 e. The van der Waals surface area contributed by atoms with Crippen molar-refractivity contribution < 1.29 is 0 Å². The highest BCUT2D eigenvalue weighted by molar-refractivity contribution is 5.89. The molecule has 0 radical (unpaired) electrons. The minimum absolute atomic E-state index is 0.791. The number of aliphatic imine (C=N–C) groups is 2. The molecule has 1 N–H and O–H groups in total. The second-order valence-electron chi connectivity index (χ2n) is 2.12. The van der Waals surface area contributed by atoms with Crippen LogP contribution >= 0.6 is 0 Å². The van der Waals surface area contributed by atoms with Gasteiger partial charge in [-0.2, -0.15) is 0 Å². The Morgan fingerprint density at radius 3 is 2.20 bits per heavy atom. The molecule has 0 atom stereocenters. The van der Waals surface area contributed by atoms with Crippen LogP contribution in [0.2, 0.25) is 0 Å². The van der Waals surface area contributed by atoms with Crippen molar-refractivity contribution in [2.24, 2.45) is 9.98 Å². The van der Waals surface area contributed by atoms with Crippen LogP contribution in [0.25, 0.3) is 0 Å². The summed E-state index contributed by atoms with van der Waals surface area (Å²) in [6, 6.07) is 0. The van der Waals surface area contributed by atoms with Crippen LogP contribution in [0.1, 0.15) is 13.8 Å². The van der Waals surface area contributed by atoms with Crippen LogP contribution in [0, 0.1) is 0 Å². The Morgan fingerprint density at radius 2 is 1.80 bits per heavy atom. The highest BCUT2D eigenvalue weighted by Gasteiger charge is 1.88. The van der Waals surface area contributed by atoms with Gasteiger partial charge in [-0.1, -0.05) is 0 Å². The molecule has 10 heavy (non-hydrogen) atoms. The normalized spacial score (nSPS) is 13.6. The van der Waals surface area contributed by atoms with Crippen LogP contribution in [-0.2, 0) is 0 Å². The molecule has 0 heterocycles. The van der Waals surface area contributed by atoms with Crippen LogP contribution in [-0.4, -0.2) is 32.2 Å². The van der Waals surface area contributed by atoms with Crippen molar-refractivity contribution in [1.82, 2.24) is 5.32 Å². The van der Waals surface area contributed by atoms with Gasteiger partial charge in [0.1, 0.15) is 0 Å². The molecule has 0 aromatic rings. The molecule has 0 aliphatic heterocycles. The Morgan fingerprint density at radius 1 is 1.20 bits per heavy atom. The lowest BCUT2D eigenvalue weighted by Gasteiger charge is -2.02. The molecule has 0 amide bonds. The molecule has 0 rings (SSSR count). The van der Waals surface area contributed by atoms with E-state index in [4.69, 9.17) is 0 Å². The maximum Gasteiger partial charge on any atom is 0.0931 e. The van der Waals surface area contributed by atoms with Crippen molar-refractivity contribution in [3.05, 3.63) is 0 Å². The number of nitrogens with zero attached hydrogens (tertiary/aromatic N) is 2. The van der Waals surface area contributed by atoms with Gasteiger partial charge in [-0.3, -0.25) is 9.98 Å². The van der Waals surface area contributed by atoms with Crippen molar-refractivity contribution in [2.75, 3.05) is 20.6 Å². The Bertz CT molecular complexity index is 129. The average molecular weight is 141 g/mol. The van der Waals surface area contributed by atoms with E-state index >= 15 is 0 Å². The van der Waals surface area contributed by atoms with E-state index < -0.39 is 0 Å². The maximum absolute atomic E-state index is 3.99. The molecule has 0 aromatic carbocycles. The predicted octanol–water partition coefficient (Wildman–Crippen LogP) is 0.715. The fraction of sp³-hybridized carbons (Fsp3) is 0.714. The van der Waals surface area contributed by atoms with E-state index in [0.717, 1.165) is 18.1 Å². The van der Waals surface area contributed by atoms with Crippen molar-refractivity contribution >= 4 is 11.5 Å². The fourth-order valence-electron chi connectivity index (χ4n) is 0.414. The number of hydrogen-bond donors (Lipinski definition) is 1. The Kier molecular flexibility index (Phi) is 4.54. The lowest BCUT2D eigenvalue weighted by atomic mass is 10.4. The van der Waals surface area contributed by atoms with Gasteiger partial charge in [-0.25, -0.2) is 0 Å². The molecule has 0 spiro atoms. The minimum atomic E-state index is 0.791. The van der Waals surface area contributed by atoms with Gasteiger partial charge in [0, 0.05) is 19.8 Å². The maximum atomic E-state index is 3.99. The molecule has 0 saturated carbocycles. The summed E-state index contributed by atoms with van der Waals surface area (Å²) in [5.74, 6) is 0.947. The highest BCUT2D eigenvalue weighted by Crippen LogP contribution is 1.73. The highest BCUT2D eigenvalue weighted by atomic mass is 15.0. The Balaban J connectivity index is 3.56. The zero-order chi connectivity index (χ0) is 7.98. The van der Waals surface area contributed by atoms with Crippen LogP contribution in [0.4, 0.5) is 0 Å². The van der Waals surface area contributed by atoms with E-state index in [-0.39, 0.29) is 0 Å². The SMILES string of the molecule is CN=C(C)CNC(C)=NC.